The third-order valence-corrected chi connectivity index (χ3v) is 2.82. The van der Waals surface area contributed by atoms with Crippen LogP contribution in [0.3, 0.4) is 0 Å². The van der Waals surface area contributed by atoms with E-state index in [1.807, 2.05) is 0 Å². The fraction of sp³-hybridized carbons (Fsp3) is 0.0833. The monoisotopic (exact) mass is 297 g/mol. The molecule has 0 radical (unpaired) electrons. The summed E-state index contributed by atoms with van der Waals surface area (Å²) < 4.78 is 44.9. The smallest absolute Gasteiger partial charge is 0.434 e. The first-order valence-corrected chi connectivity index (χ1v) is 5.60. The van der Waals surface area contributed by atoms with E-state index in [-0.39, 0.29) is 11.4 Å². The molecule has 0 bridgehead atoms. The molecular formula is C12H6F3N3O3. The molecular weight excluding hydrogens is 291 g/mol. The van der Waals surface area contributed by atoms with Gasteiger partial charge in [0.25, 0.3) is 0 Å². The summed E-state index contributed by atoms with van der Waals surface area (Å²) in [5, 5.41) is 12.9. The Balaban J connectivity index is 2.33. The summed E-state index contributed by atoms with van der Waals surface area (Å²) in [5.41, 5.74) is -2.28. The maximum Gasteiger partial charge on any atom is 0.434 e. The number of rotatable bonds is 2. The first-order chi connectivity index (χ1) is 9.89. The second kappa shape index (κ2) is 4.33. The molecule has 0 aromatic carbocycles. The van der Waals surface area contributed by atoms with Gasteiger partial charge in [-0.1, -0.05) is 0 Å². The summed E-state index contributed by atoms with van der Waals surface area (Å²) in [5.74, 6) is -1.95. The van der Waals surface area contributed by atoms with E-state index in [2.05, 4.69) is 10.1 Å². The van der Waals surface area contributed by atoms with Crippen LogP contribution in [-0.2, 0) is 6.18 Å². The van der Waals surface area contributed by atoms with Crippen molar-refractivity contribution in [2.75, 3.05) is 0 Å². The number of nitrogens with zero attached hydrogens (tertiary/aromatic N) is 3. The van der Waals surface area contributed by atoms with Gasteiger partial charge in [0.05, 0.1) is 12.5 Å². The van der Waals surface area contributed by atoms with Crippen molar-refractivity contribution in [3.05, 3.63) is 42.0 Å². The Labute approximate surface area is 114 Å². The van der Waals surface area contributed by atoms with Crippen LogP contribution in [0.15, 0.2) is 35.2 Å². The van der Waals surface area contributed by atoms with Crippen LogP contribution < -0.4 is 0 Å². The zero-order valence-corrected chi connectivity index (χ0v) is 10.1. The summed E-state index contributed by atoms with van der Waals surface area (Å²) in [6.45, 7) is 0. The van der Waals surface area contributed by atoms with Crippen LogP contribution in [0.2, 0.25) is 0 Å². The predicted molar refractivity (Wildman–Crippen MR) is 63.1 cm³/mol. The predicted octanol–water partition coefficient (Wildman–Crippen LogP) is 2.73. The lowest BCUT2D eigenvalue weighted by Crippen LogP contribution is -2.18. The molecule has 1 N–H and O–H groups in total. The Hall–Kier alpha value is -2.84. The Morgan fingerprint density at radius 2 is 2.10 bits per heavy atom. The van der Waals surface area contributed by atoms with Gasteiger partial charge in [-0.15, -0.1) is 0 Å². The molecule has 3 aromatic heterocycles. The highest BCUT2D eigenvalue weighted by molar-refractivity contribution is 5.89. The first-order valence-electron chi connectivity index (χ1n) is 5.60. The van der Waals surface area contributed by atoms with E-state index in [1.54, 1.807) is 12.1 Å². The second-order valence-corrected chi connectivity index (χ2v) is 4.10. The normalized spacial score (nSPS) is 12.0. The number of hydrogen-bond acceptors (Lipinski definition) is 4. The van der Waals surface area contributed by atoms with Gasteiger partial charge >= 0.3 is 12.1 Å². The lowest BCUT2D eigenvalue weighted by Gasteiger charge is -2.10. The van der Waals surface area contributed by atoms with E-state index in [1.165, 1.54) is 12.5 Å². The highest BCUT2D eigenvalue weighted by atomic mass is 19.4. The molecule has 0 amide bonds. The van der Waals surface area contributed by atoms with Gasteiger partial charge < -0.3 is 9.52 Å². The number of carboxylic acid groups (broad SMARTS) is 1. The largest absolute Gasteiger partial charge is 0.478 e. The zero-order valence-electron chi connectivity index (χ0n) is 10.1. The van der Waals surface area contributed by atoms with Crippen LogP contribution in [0.25, 0.3) is 16.8 Å². The van der Waals surface area contributed by atoms with Crippen LogP contribution >= 0.6 is 0 Å². The fourth-order valence-corrected chi connectivity index (χ4v) is 1.97. The highest BCUT2D eigenvalue weighted by Crippen LogP contribution is 2.34. The van der Waals surface area contributed by atoms with Gasteiger partial charge in [-0.05, 0) is 12.1 Å². The number of furan rings is 1. The molecule has 0 aliphatic rings. The van der Waals surface area contributed by atoms with Crippen molar-refractivity contribution in [3.8, 4) is 5.82 Å². The van der Waals surface area contributed by atoms with Crippen LogP contribution in [0.5, 0.6) is 0 Å². The van der Waals surface area contributed by atoms with Crippen LogP contribution in [0.4, 0.5) is 13.2 Å². The number of alkyl halides is 3. The molecule has 0 saturated carbocycles. The number of halogens is 3. The molecule has 9 heteroatoms. The molecule has 108 valence electrons. The molecule has 0 unspecified atom stereocenters. The molecule has 3 aromatic rings. The third kappa shape index (κ3) is 2.02. The number of hydrogen-bond donors (Lipinski definition) is 1. The Bertz CT molecular complexity index is 835. The minimum absolute atomic E-state index is 0.0861. The molecule has 0 fully saturated rings. The number of pyridine rings is 1. The Morgan fingerprint density at radius 1 is 1.33 bits per heavy atom. The highest BCUT2D eigenvalue weighted by Gasteiger charge is 2.41. The molecule has 3 rings (SSSR count). The van der Waals surface area contributed by atoms with Crippen molar-refractivity contribution in [1.82, 2.24) is 14.8 Å². The molecule has 0 spiro atoms. The van der Waals surface area contributed by atoms with Crippen molar-refractivity contribution in [2.45, 2.75) is 6.18 Å². The topological polar surface area (TPSA) is 81.1 Å². The van der Waals surface area contributed by atoms with E-state index < -0.39 is 23.4 Å². The minimum atomic E-state index is -4.90. The van der Waals surface area contributed by atoms with Crippen LogP contribution in [0, 0.1) is 0 Å². The molecule has 0 saturated heterocycles. The van der Waals surface area contributed by atoms with Gasteiger partial charge in [0.2, 0.25) is 0 Å². The third-order valence-electron chi connectivity index (χ3n) is 2.82. The maximum atomic E-state index is 13.1. The van der Waals surface area contributed by atoms with Crippen LogP contribution in [0.1, 0.15) is 16.1 Å². The van der Waals surface area contributed by atoms with E-state index >= 15 is 0 Å². The number of fused-ring (bicyclic) bond motifs is 1. The van der Waals surface area contributed by atoms with Crippen molar-refractivity contribution in [3.63, 3.8) is 0 Å². The van der Waals surface area contributed by atoms with Gasteiger partial charge in [0.1, 0.15) is 5.56 Å². The maximum absolute atomic E-state index is 13.1. The van der Waals surface area contributed by atoms with Gasteiger partial charge in [0, 0.05) is 11.6 Å². The van der Waals surface area contributed by atoms with E-state index in [4.69, 9.17) is 9.52 Å². The lowest BCUT2D eigenvalue weighted by atomic mass is 10.2. The van der Waals surface area contributed by atoms with Crippen molar-refractivity contribution in [1.29, 1.82) is 0 Å². The van der Waals surface area contributed by atoms with Gasteiger partial charge in [0.15, 0.2) is 17.1 Å². The number of aromatic carboxylic acids is 1. The average molecular weight is 297 g/mol. The van der Waals surface area contributed by atoms with E-state index in [9.17, 15) is 18.0 Å². The van der Waals surface area contributed by atoms with Crippen molar-refractivity contribution < 1.29 is 27.5 Å². The summed E-state index contributed by atoms with van der Waals surface area (Å²) >= 11 is 0. The second-order valence-electron chi connectivity index (χ2n) is 4.10. The van der Waals surface area contributed by atoms with Crippen LogP contribution in [-0.4, -0.2) is 25.8 Å². The average Bonchev–Trinajstić information content (AvgIpc) is 3.04. The van der Waals surface area contributed by atoms with Gasteiger partial charge in [-0.25, -0.2) is 14.5 Å². The van der Waals surface area contributed by atoms with Crippen molar-refractivity contribution in [2.24, 2.45) is 0 Å². The minimum Gasteiger partial charge on any atom is -0.478 e. The van der Waals surface area contributed by atoms with E-state index in [0.717, 1.165) is 0 Å². The van der Waals surface area contributed by atoms with E-state index in [0.29, 0.717) is 16.3 Å². The number of aromatic nitrogens is 3. The summed E-state index contributed by atoms with van der Waals surface area (Å²) in [6, 6.07) is 3.10. The first kappa shape index (κ1) is 13.2. The molecule has 3 heterocycles. The summed E-state index contributed by atoms with van der Waals surface area (Å²) in [4.78, 5) is 14.7. The standard InChI is InChI=1S/C12H6F3N3O3/c13-12(14,15)9-7(11(19)20)5-17-18(9)10-8-6(1-3-16-10)2-4-21-8/h1-5H,(H,19,20). The SMILES string of the molecule is O=C(O)c1cnn(-c2nccc3ccoc23)c1C(F)(F)F. The molecule has 0 aliphatic carbocycles. The number of carboxylic acids is 1. The summed E-state index contributed by atoms with van der Waals surface area (Å²) in [6.07, 6.45) is -1.69. The Kier molecular flexibility index (Phi) is 2.71. The molecule has 21 heavy (non-hydrogen) atoms. The van der Waals surface area contributed by atoms with Crippen molar-refractivity contribution >= 4 is 16.9 Å². The van der Waals surface area contributed by atoms with Gasteiger partial charge in [-0.3, -0.25) is 0 Å². The quantitative estimate of drug-likeness (QED) is 0.786. The fourth-order valence-electron chi connectivity index (χ4n) is 1.97. The molecule has 6 nitrogen and oxygen atoms in total. The summed E-state index contributed by atoms with van der Waals surface area (Å²) in [7, 11) is 0. The lowest BCUT2D eigenvalue weighted by molar-refractivity contribution is -0.143. The number of carbonyl (C=O) groups is 1. The molecule has 0 atom stereocenters. The zero-order chi connectivity index (χ0) is 15.2. The van der Waals surface area contributed by atoms with Gasteiger partial charge in [-0.2, -0.15) is 18.3 Å². The Morgan fingerprint density at radius 3 is 2.76 bits per heavy atom. The molecule has 0 aliphatic heterocycles.